The summed E-state index contributed by atoms with van der Waals surface area (Å²) in [6, 6.07) is 12.0. The van der Waals surface area contributed by atoms with E-state index in [-0.39, 0.29) is 23.2 Å². The predicted molar refractivity (Wildman–Crippen MR) is 137 cm³/mol. The zero-order chi connectivity index (χ0) is 25.5. The molecule has 0 bridgehead atoms. The van der Waals surface area contributed by atoms with Gasteiger partial charge in [0.05, 0.1) is 17.0 Å². The molecule has 11 heteroatoms. The Bertz CT molecular complexity index is 1280. The number of aromatic nitrogens is 2. The lowest BCUT2D eigenvalue weighted by atomic mass is 10.1. The molecule has 0 radical (unpaired) electrons. The summed E-state index contributed by atoms with van der Waals surface area (Å²) in [5.41, 5.74) is 0.892. The van der Waals surface area contributed by atoms with Crippen LogP contribution in [0.4, 0.5) is 0 Å². The molecule has 1 aliphatic heterocycles. The first-order valence-corrected chi connectivity index (χ1v) is 13.8. The molecule has 4 N–H and O–H groups in total. The number of aliphatic hydroxyl groups is 1. The highest BCUT2D eigenvalue weighted by Crippen LogP contribution is 2.24. The highest BCUT2D eigenvalue weighted by Gasteiger charge is 2.29. The van der Waals surface area contributed by atoms with Gasteiger partial charge < -0.3 is 29.9 Å². The predicted octanol–water partition coefficient (Wildman–Crippen LogP) is 2.22. The number of aromatic amines is 2. The van der Waals surface area contributed by atoms with E-state index in [1.165, 1.54) is 4.31 Å². The molecule has 0 amide bonds. The highest BCUT2D eigenvalue weighted by atomic mass is 32.2. The molecule has 0 unspecified atom stereocenters. The van der Waals surface area contributed by atoms with Gasteiger partial charge in [-0.2, -0.15) is 4.31 Å². The van der Waals surface area contributed by atoms with E-state index in [0.717, 1.165) is 12.8 Å². The standard InChI is InChI=1S/C25H34N4O6S/c1-2-3-15-34-20-7-9-21(10-8-20)36(32,33)29-13-11-18(12-14-29)26-16-19(30)17-35-23-6-4-5-22-24(23)28-25(31)27-22/h4-10,18-19,26,30H,2-3,11-17H2,1H3,(H2,27,28,31)/t19-/m1/s1. The quantitative estimate of drug-likeness (QED) is 0.270. The molecular formula is C25H34N4O6S. The van der Waals surface area contributed by atoms with E-state index in [1.54, 1.807) is 42.5 Å². The number of H-pyrrole nitrogens is 2. The number of sulfonamides is 1. The Hall–Kier alpha value is -2.86. The molecule has 3 aromatic rings. The summed E-state index contributed by atoms with van der Waals surface area (Å²) in [6.45, 7) is 3.90. The Morgan fingerprint density at radius 3 is 2.58 bits per heavy atom. The van der Waals surface area contributed by atoms with E-state index < -0.39 is 16.1 Å². The molecule has 10 nitrogen and oxygen atoms in total. The van der Waals surface area contributed by atoms with Crippen molar-refractivity contribution in [3.8, 4) is 11.5 Å². The number of imidazole rings is 1. The summed E-state index contributed by atoms with van der Waals surface area (Å²) in [5.74, 6) is 1.16. The van der Waals surface area contributed by atoms with Crippen LogP contribution in [-0.2, 0) is 10.0 Å². The molecule has 1 aromatic heterocycles. The van der Waals surface area contributed by atoms with Crippen molar-refractivity contribution in [2.24, 2.45) is 0 Å². The summed E-state index contributed by atoms with van der Waals surface area (Å²) in [5, 5.41) is 13.7. The second-order valence-corrected chi connectivity index (χ2v) is 10.9. The molecular weight excluding hydrogens is 484 g/mol. The smallest absolute Gasteiger partial charge is 0.323 e. The van der Waals surface area contributed by atoms with Crippen LogP contribution in [0.15, 0.2) is 52.2 Å². The summed E-state index contributed by atoms with van der Waals surface area (Å²) in [6.07, 6.45) is 2.53. The van der Waals surface area contributed by atoms with Crippen molar-refractivity contribution in [3.63, 3.8) is 0 Å². The molecule has 1 fully saturated rings. The number of fused-ring (bicyclic) bond motifs is 1. The van der Waals surface area contributed by atoms with Gasteiger partial charge >= 0.3 is 5.69 Å². The minimum atomic E-state index is -3.56. The van der Waals surface area contributed by atoms with Crippen molar-refractivity contribution in [1.29, 1.82) is 0 Å². The molecule has 0 aliphatic carbocycles. The largest absolute Gasteiger partial charge is 0.494 e. The zero-order valence-corrected chi connectivity index (χ0v) is 21.2. The first-order valence-electron chi connectivity index (χ1n) is 12.3. The normalized spacial score (nSPS) is 16.3. The van der Waals surface area contributed by atoms with Crippen LogP contribution in [-0.4, -0.2) is 72.8 Å². The van der Waals surface area contributed by atoms with Crippen LogP contribution in [0.1, 0.15) is 32.6 Å². The minimum Gasteiger partial charge on any atom is -0.494 e. The molecule has 2 aromatic carbocycles. The van der Waals surface area contributed by atoms with Gasteiger partial charge in [-0.3, -0.25) is 0 Å². The summed E-state index contributed by atoms with van der Waals surface area (Å²) < 4.78 is 38.9. The molecule has 1 saturated heterocycles. The van der Waals surface area contributed by atoms with Gasteiger partial charge in [0.2, 0.25) is 10.0 Å². The van der Waals surface area contributed by atoms with E-state index in [2.05, 4.69) is 22.2 Å². The van der Waals surface area contributed by atoms with E-state index in [4.69, 9.17) is 9.47 Å². The average Bonchev–Trinajstić information content (AvgIpc) is 3.27. The summed E-state index contributed by atoms with van der Waals surface area (Å²) in [7, 11) is -3.56. The van der Waals surface area contributed by atoms with Gasteiger partial charge in [-0.1, -0.05) is 19.4 Å². The monoisotopic (exact) mass is 518 g/mol. The van der Waals surface area contributed by atoms with Crippen molar-refractivity contribution in [3.05, 3.63) is 52.9 Å². The summed E-state index contributed by atoms with van der Waals surface area (Å²) in [4.78, 5) is 17.1. The number of nitrogens with zero attached hydrogens (tertiary/aromatic N) is 1. The number of hydrogen-bond acceptors (Lipinski definition) is 7. The van der Waals surface area contributed by atoms with E-state index in [9.17, 15) is 18.3 Å². The maximum Gasteiger partial charge on any atom is 0.323 e. The van der Waals surface area contributed by atoms with Gasteiger partial charge in [-0.05, 0) is 55.7 Å². The zero-order valence-electron chi connectivity index (χ0n) is 20.4. The molecule has 0 saturated carbocycles. The van der Waals surface area contributed by atoms with Gasteiger partial charge in [-0.15, -0.1) is 0 Å². The lowest BCUT2D eigenvalue weighted by Gasteiger charge is -2.32. The van der Waals surface area contributed by atoms with E-state index in [1.807, 2.05) is 0 Å². The Balaban J connectivity index is 1.21. The topological polar surface area (TPSA) is 137 Å². The fourth-order valence-corrected chi connectivity index (χ4v) is 5.66. The van der Waals surface area contributed by atoms with Crippen LogP contribution >= 0.6 is 0 Å². The average molecular weight is 519 g/mol. The number of para-hydroxylation sites is 1. The third kappa shape index (κ3) is 6.47. The second kappa shape index (κ2) is 11.9. The molecule has 1 atom stereocenters. The number of unbranched alkanes of at least 4 members (excludes halogenated alkanes) is 1. The maximum absolute atomic E-state index is 13.0. The van der Waals surface area contributed by atoms with Crippen molar-refractivity contribution >= 4 is 21.1 Å². The molecule has 1 aliphatic rings. The van der Waals surface area contributed by atoms with Gasteiger partial charge in [0.25, 0.3) is 0 Å². The number of hydrogen-bond donors (Lipinski definition) is 4. The van der Waals surface area contributed by atoms with Crippen LogP contribution in [0, 0.1) is 0 Å². The number of benzene rings is 2. The number of rotatable bonds is 12. The molecule has 196 valence electrons. The minimum absolute atomic E-state index is 0.0602. The Kier molecular flexibility index (Phi) is 8.68. The fourth-order valence-electron chi connectivity index (χ4n) is 4.19. The lowest BCUT2D eigenvalue weighted by Crippen LogP contribution is -2.47. The molecule has 4 rings (SSSR count). The number of aliphatic hydroxyl groups excluding tert-OH is 1. The lowest BCUT2D eigenvalue weighted by molar-refractivity contribution is 0.101. The molecule has 0 spiro atoms. The Labute approximate surface area is 210 Å². The van der Waals surface area contributed by atoms with Crippen LogP contribution in [0.3, 0.4) is 0 Å². The number of piperidine rings is 1. The van der Waals surface area contributed by atoms with Crippen LogP contribution in [0.25, 0.3) is 11.0 Å². The van der Waals surface area contributed by atoms with E-state index in [0.29, 0.717) is 61.6 Å². The third-order valence-electron chi connectivity index (χ3n) is 6.27. The first-order chi connectivity index (χ1) is 17.4. The van der Waals surface area contributed by atoms with Crippen LogP contribution < -0.4 is 20.5 Å². The van der Waals surface area contributed by atoms with Gasteiger partial charge in [0.1, 0.15) is 29.7 Å². The summed E-state index contributed by atoms with van der Waals surface area (Å²) >= 11 is 0. The maximum atomic E-state index is 13.0. The Morgan fingerprint density at radius 2 is 1.86 bits per heavy atom. The number of ether oxygens (including phenoxy) is 2. The van der Waals surface area contributed by atoms with Crippen molar-refractivity contribution in [2.45, 2.75) is 49.6 Å². The van der Waals surface area contributed by atoms with Gasteiger partial charge in [0.15, 0.2) is 0 Å². The van der Waals surface area contributed by atoms with Crippen LogP contribution in [0.2, 0.25) is 0 Å². The van der Waals surface area contributed by atoms with E-state index >= 15 is 0 Å². The molecule has 36 heavy (non-hydrogen) atoms. The molecule has 2 heterocycles. The third-order valence-corrected chi connectivity index (χ3v) is 8.18. The first kappa shape index (κ1) is 26.2. The van der Waals surface area contributed by atoms with Gasteiger partial charge in [0, 0.05) is 25.7 Å². The van der Waals surface area contributed by atoms with Crippen molar-refractivity contribution in [2.75, 3.05) is 32.8 Å². The van der Waals surface area contributed by atoms with Crippen LogP contribution in [0.5, 0.6) is 11.5 Å². The SMILES string of the molecule is CCCCOc1ccc(S(=O)(=O)N2CCC(NC[C@@H](O)COc3cccc4[nH]c(=O)[nH]c34)CC2)cc1. The van der Waals surface area contributed by atoms with Gasteiger partial charge in [-0.25, -0.2) is 13.2 Å². The highest BCUT2D eigenvalue weighted by molar-refractivity contribution is 7.89. The Morgan fingerprint density at radius 1 is 1.11 bits per heavy atom. The number of nitrogens with one attached hydrogen (secondary N) is 3. The van der Waals surface area contributed by atoms with Crippen molar-refractivity contribution < 1.29 is 23.0 Å². The second-order valence-electron chi connectivity index (χ2n) is 8.98. The van der Waals surface area contributed by atoms with Crippen molar-refractivity contribution in [1.82, 2.24) is 19.6 Å². The fraction of sp³-hybridized carbons (Fsp3) is 0.480.